The fourth-order valence-corrected chi connectivity index (χ4v) is 4.70. The first-order chi connectivity index (χ1) is 8.75. The minimum absolute atomic E-state index is 0.00832. The molecule has 5 unspecified atom stereocenters. The van der Waals surface area contributed by atoms with Gasteiger partial charge in [-0.2, -0.15) is 0 Å². The van der Waals surface area contributed by atoms with E-state index in [1.165, 1.54) is 19.8 Å². The zero-order chi connectivity index (χ0) is 14.0. The summed E-state index contributed by atoms with van der Waals surface area (Å²) >= 11 is 0. The maximum Gasteiger partial charge on any atom is 0.303 e. The molecular formula is C17H26O2. The van der Waals surface area contributed by atoms with E-state index < -0.39 is 0 Å². The van der Waals surface area contributed by atoms with Crippen LogP contribution in [0.2, 0.25) is 0 Å². The number of fused-ring (bicyclic) bond motifs is 2. The first kappa shape index (κ1) is 13.2. The van der Waals surface area contributed by atoms with Crippen LogP contribution in [0.3, 0.4) is 0 Å². The number of carbonyl (C=O) groups is 1. The summed E-state index contributed by atoms with van der Waals surface area (Å²) in [5.41, 5.74) is 2.42. The van der Waals surface area contributed by atoms with Crippen LogP contribution in [-0.2, 0) is 9.53 Å². The van der Waals surface area contributed by atoms with Crippen LogP contribution in [0.25, 0.3) is 0 Å². The summed E-state index contributed by atoms with van der Waals surface area (Å²) < 4.78 is 5.44. The van der Waals surface area contributed by atoms with Crippen LogP contribution in [0.1, 0.15) is 53.9 Å². The predicted molar refractivity (Wildman–Crippen MR) is 75.5 cm³/mol. The van der Waals surface area contributed by atoms with E-state index in [0.717, 1.165) is 18.3 Å². The quantitative estimate of drug-likeness (QED) is 0.528. The Morgan fingerprint density at radius 2 is 2.00 bits per heavy atom. The molecule has 3 rings (SSSR count). The zero-order valence-electron chi connectivity index (χ0n) is 12.8. The molecule has 3 aliphatic rings. The minimum atomic E-state index is -0.155. The lowest BCUT2D eigenvalue weighted by molar-refractivity contribution is -0.145. The molecule has 0 saturated heterocycles. The highest BCUT2D eigenvalue weighted by Crippen LogP contribution is 2.71. The Balaban J connectivity index is 1.87. The molecule has 0 N–H and O–H groups in total. The van der Waals surface area contributed by atoms with Crippen molar-refractivity contribution in [2.24, 2.45) is 28.6 Å². The van der Waals surface area contributed by atoms with Gasteiger partial charge in [-0.1, -0.05) is 33.3 Å². The van der Waals surface area contributed by atoms with Gasteiger partial charge in [0.15, 0.2) is 0 Å². The van der Waals surface area contributed by atoms with E-state index in [9.17, 15) is 4.79 Å². The summed E-state index contributed by atoms with van der Waals surface area (Å²) in [5, 5.41) is 0. The van der Waals surface area contributed by atoms with Gasteiger partial charge in [-0.05, 0) is 53.9 Å². The SMILES string of the molecule is CC(=O)OC1C=C2CC3C(CC2(C)C(C)C1)C3(C)C. The summed E-state index contributed by atoms with van der Waals surface area (Å²) in [4.78, 5) is 11.2. The van der Waals surface area contributed by atoms with Crippen LogP contribution >= 0.6 is 0 Å². The van der Waals surface area contributed by atoms with Gasteiger partial charge in [-0.15, -0.1) is 0 Å². The van der Waals surface area contributed by atoms with Crippen LogP contribution in [0.15, 0.2) is 11.6 Å². The lowest BCUT2D eigenvalue weighted by atomic mass is 9.60. The molecule has 0 radical (unpaired) electrons. The third kappa shape index (κ3) is 1.86. The topological polar surface area (TPSA) is 26.3 Å². The lowest BCUT2D eigenvalue weighted by Gasteiger charge is -2.46. The van der Waals surface area contributed by atoms with Gasteiger partial charge in [0.25, 0.3) is 0 Å². The molecule has 106 valence electrons. The molecule has 0 aromatic rings. The first-order valence-electron chi connectivity index (χ1n) is 7.63. The van der Waals surface area contributed by atoms with Gasteiger partial charge in [0.1, 0.15) is 6.10 Å². The highest BCUT2D eigenvalue weighted by molar-refractivity contribution is 5.66. The molecule has 0 heterocycles. The van der Waals surface area contributed by atoms with Gasteiger partial charge in [0.05, 0.1) is 0 Å². The molecule has 0 spiro atoms. The Kier molecular flexibility index (Phi) is 2.69. The van der Waals surface area contributed by atoms with Crippen molar-refractivity contribution in [1.29, 1.82) is 0 Å². The fourth-order valence-electron chi connectivity index (χ4n) is 4.70. The van der Waals surface area contributed by atoms with Gasteiger partial charge in [-0.3, -0.25) is 4.79 Å². The molecule has 2 nitrogen and oxygen atoms in total. The molecule has 0 amide bonds. The van der Waals surface area contributed by atoms with Gasteiger partial charge >= 0.3 is 5.97 Å². The number of carbonyl (C=O) groups excluding carboxylic acids is 1. The molecule has 0 aromatic carbocycles. The van der Waals surface area contributed by atoms with E-state index in [2.05, 4.69) is 33.8 Å². The smallest absolute Gasteiger partial charge is 0.303 e. The maximum atomic E-state index is 11.2. The fraction of sp³-hybridized carbons (Fsp3) is 0.824. The normalized spacial score (nSPS) is 46.7. The van der Waals surface area contributed by atoms with Crippen LogP contribution in [-0.4, -0.2) is 12.1 Å². The van der Waals surface area contributed by atoms with Crippen molar-refractivity contribution in [1.82, 2.24) is 0 Å². The number of hydrogen-bond acceptors (Lipinski definition) is 2. The van der Waals surface area contributed by atoms with Gasteiger partial charge in [-0.25, -0.2) is 0 Å². The standard InChI is InChI=1S/C17H26O2/c1-10-6-13(19-11(2)18)7-12-8-14-15(16(14,3)4)9-17(10,12)5/h7,10,13-15H,6,8-9H2,1-5H3. The van der Waals surface area contributed by atoms with E-state index in [1.54, 1.807) is 5.57 Å². The first-order valence-corrected chi connectivity index (χ1v) is 7.63. The number of rotatable bonds is 1. The van der Waals surface area contributed by atoms with Crippen LogP contribution in [0, 0.1) is 28.6 Å². The molecule has 2 fully saturated rings. The minimum Gasteiger partial charge on any atom is -0.458 e. The molecule has 2 heteroatoms. The Morgan fingerprint density at radius 3 is 2.63 bits per heavy atom. The van der Waals surface area contributed by atoms with E-state index >= 15 is 0 Å². The van der Waals surface area contributed by atoms with E-state index in [0.29, 0.717) is 16.7 Å². The Hall–Kier alpha value is -0.790. The molecule has 19 heavy (non-hydrogen) atoms. The van der Waals surface area contributed by atoms with Crippen molar-refractivity contribution >= 4 is 5.97 Å². The molecule has 0 bridgehead atoms. The summed E-state index contributed by atoms with van der Waals surface area (Å²) in [6.45, 7) is 11.1. The lowest BCUT2D eigenvalue weighted by Crippen LogP contribution is -2.38. The van der Waals surface area contributed by atoms with Crippen LogP contribution in [0.4, 0.5) is 0 Å². The van der Waals surface area contributed by atoms with Crippen molar-refractivity contribution in [2.45, 2.75) is 60.0 Å². The second kappa shape index (κ2) is 3.86. The summed E-state index contributed by atoms with van der Waals surface area (Å²) in [7, 11) is 0. The Morgan fingerprint density at radius 1 is 1.32 bits per heavy atom. The second-order valence-electron chi connectivity index (χ2n) is 7.84. The third-order valence-electron chi connectivity index (χ3n) is 6.48. The molecular weight excluding hydrogens is 236 g/mol. The molecule has 2 saturated carbocycles. The van der Waals surface area contributed by atoms with Gasteiger partial charge in [0.2, 0.25) is 0 Å². The largest absolute Gasteiger partial charge is 0.458 e. The predicted octanol–water partition coefficient (Wildman–Crippen LogP) is 3.96. The maximum absolute atomic E-state index is 11.2. The summed E-state index contributed by atoms with van der Waals surface area (Å²) in [6, 6.07) is 0. The van der Waals surface area contributed by atoms with E-state index in [4.69, 9.17) is 4.74 Å². The highest BCUT2D eigenvalue weighted by atomic mass is 16.5. The van der Waals surface area contributed by atoms with Gasteiger partial charge < -0.3 is 4.74 Å². The Bertz CT molecular complexity index is 448. The van der Waals surface area contributed by atoms with Crippen LogP contribution in [0.5, 0.6) is 0 Å². The monoisotopic (exact) mass is 262 g/mol. The molecule has 3 aliphatic carbocycles. The van der Waals surface area contributed by atoms with Crippen molar-refractivity contribution < 1.29 is 9.53 Å². The second-order valence-corrected chi connectivity index (χ2v) is 7.84. The summed E-state index contributed by atoms with van der Waals surface area (Å²) in [5.74, 6) is 2.21. The van der Waals surface area contributed by atoms with Crippen molar-refractivity contribution in [3.05, 3.63) is 11.6 Å². The highest BCUT2D eigenvalue weighted by Gasteiger charge is 2.63. The van der Waals surface area contributed by atoms with Crippen molar-refractivity contribution in [2.75, 3.05) is 0 Å². The average molecular weight is 262 g/mol. The number of ether oxygens (including phenoxy) is 1. The number of hydrogen-bond donors (Lipinski definition) is 0. The summed E-state index contributed by atoms with van der Waals surface area (Å²) in [6.07, 6.45) is 5.80. The average Bonchev–Trinajstić information content (AvgIpc) is 2.78. The molecule has 0 aliphatic heterocycles. The van der Waals surface area contributed by atoms with E-state index in [-0.39, 0.29) is 12.1 Å². The molecule has 5 atom stereocenters. The van der Waals surface area contributed by atoms with Crippen LogP contribution < -0.4 is 0 Å². The van der Waals surface area contributed by atoms with E-state index in [1.807, 2.05) is 0 Å². The Labute approximate surface area is 116 Å². The third-order valence-corrected chi connectivity index (χ3v) is 6.48. The number of allylic oxidation sites excluding steroid dienone is 1. The van der Waals surface area contributed by atoms with Gasteiger partial charge in [0, 0.05) is 6.92 Å². The zero-order valence-corrected chi connectivity index (χ0v) is 12.8. The van der Waals surface area contributed by atoms with Crippen molar-refractivity contribution in [3.63, 3.8) is 0 Å². The number of esters is 1. The van der Waals surface area contributed by atoms with Crippen molar-refractivity contribution in [3.8, 4) is 0 Å². The molecule has 0 aromatic heterocycles.